The van der Waals surface area contributed by atoms with Crippen LogP contribution < -0.4 is 4.90 Å². The maximum absolute atomic E-state index is 11.0. The molecule has 1 amide bonds. The van der Waals surface area contributed by atoms with Gasteiger partial charge in [0.15, 0.2) is 0 Å². The third-order valence-electron chi connectivity index (χ3n) is 1.69. The molecule has 1 unspecified atom stereocenters. The first-order valence-corrected chi connectivity index (χ1v) is 5.02. The average molecular weight is 209 g/mol. The van der Waals surface area contributed by atoms with E-state index in [1.54, 1.807) is 19.9 Å². The van der Waals surface area contributed by atoms with E-state index in [1.165, 1.54) is 16.2 Å². The van der Waals surface area contributed by atoms with Crippen molar-refractivity contribution < 1.29 is 9.90 Å². The number of thiophene rings is 1. The van der Waals surface area contributed by atoms with Crippen LogP contribution in [0.25, 0.3) is 0 Å². The lowest BCUT2D eigenvalue weighted by molar-refractivity contribution is 0.201. The summed E-state index contributed by atoms with van der Waals surface area (Å²) in [6.07, 6.45) is -0.970. The molecule has 1 aromatic heterocycles. The molecule has 0 saturated heterocycles. The Balaban J connectivity index is 2.94. The first-order chi connectivity index (χ1) is 6.66. The summed E-state index contributed by atoms with van der Waals surface area (Å²) in [5, 5.41) is 11.6. The molecule has 1 heterocycles. The van der Waals surface area contributed by atoms with E-state index < -0.39 is 6.09 Å². The second-order valence-corrected chi connectivity index (χ2v) is 3.60. The Hall–Kier alpha value is -1.47. The molecule has 0 bridgehead atoms. The van der Waals surface area contributed by atoms with Gasteiger partial charge < -0.3 is 5.11 Å². The Labute approximate surface area is 87.0 Å². The normalized spacial score (nSPS) is 11.3. The molecule has 0 aromatic carbocycles. The van der Waals surface area contributed by atoms with Gasteiger partial charge in [0.25, 0.3) is 0 Å². The Morgan fingerprint density at radius 3 is 2.86 bits per heavy atom. The van der Waals surface area contributed by atoms with Gasteiger partial charge in [-0.25, -0.2) is 4.79 Å². The van der Waals surface area contributed by atoms with E-state index in [9.17, 15) is 4.79 Å². The van der Waals surface area contributed by atoms with Crippen molar-refractivity contribution in [1.29, 1.82) is 0 Å². The average Bonchev–Trinajstić information content (AvgIpc) is 2.57. The molecule has 0 fully saturated rings. The van der Waals surface area contributed by atoms with Crippen molar-refractivity contribution in [3.63, 3.8) is 0 Å². The van der Waals surface area contributed by atoms with Crippen LogP contribution in [0.1, 0.15) is 13.8 Å². The van der Waals surface area contributed by atoms with Gasteiger partial charge in [-0.05, 0) is 31.4 Å². The number of amides is 1. The highest BCUT2D eigenvalue weighted by atomic mass is 32.1. The van der Waals surface area contributed by atoms with Crippen LogP contribution in [0.4, 0.5) is 9.80 Å². The standard InChI is InChI=1S/C10H11NO2S/c1-3-5-8(2)11(10(12)13)9-6-4-7-14-9/h4,6-8H,1-2H3,(H,12,13). The van der Waals surface area contributed by atoms with Gasteiger partial charge in [0.1, 0.15) is 5.00 Å². The van der Waals surface area contributed by atoms with E-state index in [0.717, 1.165) is 0 Å². The molecule has 1 rings (SSSR count). The van der Waals surface area contributed by atoms with Gasteiger partial charge in [0, 0.05) is 0 Å². The number of hydrogen-bond donors (Lipinski definition) is 1. The predicted molar refractivity (Wildman–Crippen MR) is 57.7 cm³/mol. The van der Waals surface area contributed by atoms with Crippen LogP contribution in [0.3, 0.4) is 0 Å². The van der Waals surface area contributed by atoms with Crippen LogP contribution in [0.2, 0.25) is 0 Å². The van der Waals surface area contributed by atoms with Crippen molar-refractivity contribution >= 4 is 22.4 Å². The van der Waals surface area contributed by atoms with Crippen molar-refractivity contribution in [2.75, 3.05) is 4.90 Å². The fourth-order valence-electron chi connectivity index (χ4n) is 1.13. The summed E-state index contributed by atoms with van der Waals surface area (Å²) in [7, 11) is 0. The lowest BCUT2D eigenvalue weighted by atomic mass is 10.3. The smallest absolute Gasteiger partial charge is 0.413 e. The molecule has 74 valence electrons. The highest BCUT2D eigenvalue weighted by Gasteiger charge is 2.20. The molecular formula is C10H11NO2S. The Bertz CT molecular complexity index is 361. The molecule has 0 aliphatic carbocycles. The van der Waals surface area contributed by atoms with E-state index in [4.69, 9.17) is 5.11 Å². The second kappa shape index (κ2) is 4.68. The third-order valence-corrected chi connectivity index (χ3v) is 2.56. The zero-order valence-electron chi connectivity index (χ0n) is 8.02. The minimum Gasteiger partial charge on any atom is -0.465 e. The van der Waals surface area contributed by atoms with E-state index in [-0.39, 0.29) is 6.04 Å². The molecule has 0 saturated carbocycles. The monoisotopic (exact) mass is 209 g/mol. The largest absolute Gasteiger partial charge is 0.465 e. The maximum atomic E-state index is 11.0. The molecule has 1 aromatic rings. The summed E-state index contributed by atoms with van der Waals surface area (Å²) in [6, 6.07) is 3.28. The summed E-state index contributed by atoms with van der Waals surface area (Å²) in [4.78, 5) is 12.2. The fraction of sp³-hybridized carbons (Fsp3) is 0.300. The van der Waals surface area contributed by atoms with Crippen molar-refractivity contribution in [3.05, 3.63) is 17.5 Å². The maximum Gasteiger partial charge on any atom is 0.413 e. The van der Waals surface area contributed by atoms with Crippen LogP contribution in [0.5, 0.6) is 0 Å². The van der Waals surface area contributed by atoms with Gasteiger partial charge in [-0.2, -0.15) is 0 Å². The molecule has 0 spiro atoms. The Morgan fingerprint density at radius 2 is 2.43 bits per heavy atom. The molecule has 0 aliphatic heterocycles. The molecule has 1 N–H and O–H groups in total. The number of carbonyl (C=O) groups is 1. The molecule has 3 nitrogen and oxygen atoms in total. The molecule has 0 radical (unpaired) electrons. The number of carboxylic acid groups (broad SMARTS) is 1. The fourth-order valence-corrected chi connectivity index (χ4v) is 1.93. The molecule has 4 heteroatoms. The minimum absolute atomic E-state index is 0.309. The first-order valence-electron chi connectivity index (χ1n) is 4.14. The highest BCUT2D eigenvalue weighted by Crippen LogP contribution is 2.23. The quantitative estimate of drug-likeness (QED) is 0.761. The van der Waals surface area contributed by atoms with Crippen molar-refractivity contribution in [1.82, 2.24) is 0 Å². The first kappa shape index (κ1) is 10.6. The summed E-state index contributed by atoms with van der Waals surface area (Å²) in [6.45, 7) is 3.47. The van der Waals surface area contributed by atoms with Gasteiger partial charge >= 0.3 is 6.09 Å². The van der Waals surface area contributed by atoms with Crippen molar-refractivity contribution in [2.45, 2.75) is 19.9 Å². The van der Waals surface area contributed by atoms with E-state index in [2.05, 4.69) is 11.8 Å². The predicted octanol–water partition coefficient (Wildman–Crippen LogP) is 2.64. The number of nitrogens with zero attached hydrogens (tertiary/aromatic N) is 1. The van der Waals surface area contributed by atoms with Gasteiger partial charge in [-0.3, -0.25) is 4.90 Å². The zero-order valence-corrected chi connectivity index (χ0v) is 8.84. The zero-order chi connectivity index (χ0) is 10.6. The van der Waals surface area contributed by atoms with Gasteiger partial charge in [-0.15, -0.1) is 17.3 Å². The lowest BCUT2D eigenvalue weighted by Gasteiger charge is -2.20. The van der Waals surface area contributed by atoms with Crippen molar-refractivity contribution in [2.24, 2.45) is 0 Å². The molecule has 0 aliphatic rings. The lowest BCUT2D eigenvalue weighted by Crippen LogP contribution is -2.36. The van der Waals surface area contributed by atoms with Crippen molar-refractivity contribution in [3.8, 4) is 11.8 Å². The van der Waals surface area contributed by atoms with Crippen LogP contribution >= 0.6 is 11.3 Å². The highest BCUT2D eigenvalue weighted by molar-refractivity contribution is 7.14. The second-order valence-electron chi connectivity index (χ2n) is 2.67. The molecular weight excluding hydrogens is 198 g/mol. The Morgan fingerprint density at radius 1 is 1.71 bits per heavy atom. The van der Waals surface area contributed by atoms with Crippen LogP contribution in [0, 0.1) is 11.8 Å². The van der Waals surface area contributed by atoms with Gasteiger partial charge in [0.2, 0.25) is 0 Å². The van der Waals surface area contributed by atoms with E-state index in [0.29, 0.717) is 5.00 Å². The number of hydrogen-bond acceptors (Lipinski definition) is 2. The van der Waals surface area contributed by atoms with Crippen LogP contribution in [-0.2, 0) is 0 Å². The van der Waals surface area contributed by atoms with Crippen LogP contribution in [0.15, 0.2) is 17.5 Å². The number of anilines is 1. The summed E-state index contributed by atoms with van der Waals surface area (Å²) in [5.74, 6) is 5.53. The van der Waals surface area contributed by atoms with E-state index in [1.807, 2.05) is 11.4 Å². The molecule has 1 atom stereocenters. The number of rotatable bonds is 2. The van der Waals surface area contributed by atoms with Gasteiger partial charge in [0.05, 0.1) is 6.04 Å². The molecule has 14 heavy (non-hydrogen) atoms. The topological polar surface area (TPSA) is 40.5 Å². The Kier molecular flexibility index (Phi) is 3.55. The summed E-state index contributed by atoms with van der Waals surface area (Å²) < 4.78 is 0. The van der Waals surface area contributed by atoms with E-state index >= 15 is 0 Å². The SMILES string of the molecule is CC#CC(C)N(C(=O)O)c1cccs1. The van der Waals surface area contributed by atoms with Gasteiger partial charge in [-0.1, -0.05) is 5.92 Å². The third kappa shape index (κ3) is 2.27. The summed E-state index contributed by atoms with van der Waals surface area (Å²) in [5.41, 5.74) is 0. The van der Waals surface area contributed by atoms with Crippen LogP contribution in [-0.4, -0.2) is 17.2 Å². The minimum atomic E-state index is -0.970. The summed E-state index contributed by atoms with van der Waals surface area (Å²) >= 11 is 1.39.